The van der Waals surface area contributed by atoms with Crippen LogP contribution in [0.3, 0.4) is 0 Å². The number of amides is 1. The normalized spacial score (nSPS) is 23.9. The predicted molar refractivity (Wildman–Crippen MR) is 101 cm³/mol. The first-order chi connectivity index (χ1) is 12.9. The van der Waals surface area contributed by atoms with E-state index in [2.05, 4.69) is 17.1 Å². The van der Waals surface area contributed by atoms with Gasteiger partial charge in [-0.3, -0.25) is 19.8 Å². The maximum atomic E-state index is 13.3. The summed E-state index contributed by atoms with van der Waals surface area (Å²) >= 11 is 0. The molecule has 1 saturated heterocycles. The van der Waals surface area contributed by atoms with Crippen molar-refractivity contribution < 1.29 is 14.1 Å². The third kappa shape index (κ3) is 5.15. The van der Waals surface area contributed by atoms with Gasteiger partial charge in [0.1, 0.15) is 11.5 Å². The Bertz CT molecular complexity index is 692. The van der Waals surface area contributed by atoms with Gasteiger partial charge in [0.2, 0.25) is 5.91 Å². The minimum absolute atomic E-state index is 0.0512. The van der Waals surface area contributed by atoms with Crippen LogP contribution in [0.25, 0.3) is 0 Å². The molecule has 1 aromatic rings. The van der Waals surface area contributed by atoms with Crippen LogP contribution in [0.2, 0.25) is 0 Å². The maximum Gasteiger partial charge on any atom is 0.295 e. The van der Waals surface area contributed by atoms with Crippen LogP contribution in [-0.4, -0.2) is 54.5 Å². The number of anilines is 1. The molecular formula is C19H27FN4O3. The molecule has 0 bridgehead atoms. The van der Waals surface area contributed by atoms with Gasteiger partial charge in [-0.2, -0.15) is 0 Å². The van der Waals surface area contributed by atoms with Crippen molar-refractivity contribution in [2.24, 2.45) is 5.92 Å². The fourth-order valence-corrected chi connectivity index (χ4v) is 4.10. The highest BCUT2D eigenvalue weighted by Gasteiger charge is 2.26. The van der Waals surface area contributed by atoms with Crippen molar-refractivity contribution in [2.45, 2.75) is 38.6 Å². The SMILES string of the molecule is CC1CCCC(NC(=O)CN2CCN(c3ccc(F)cc3[N+](=O)[O-])CC2)C1. The van der Waals surface area contributed by atoms with E-state index >= 15 is 0 Å². The summed E-state index contributed by atoms with van der Waals surface area (Å²) in [5.74, 6) is 0.104. The summed E-state index contributed by atoms with van der Waals surface area (Å²) in [4.78, 5) is 26.9. The molecule has 2 aliphatic rings. The second kappa shape index (κ2) is 8.65. The van der Waals surface area contributed by atoms with Gasteiger partial charge in [0, 0.05) is 32.2 Å². The summed E-state index contributed by atoms with van der Waals surface area (Å²) in [6.45, 7) is 5.00. The molecule has 1 heterocycles. The number of carbonyl (C=O) groups is 1. The molecule has 3 rings (SSSR count). The van der Waals surface area contributed by atoms with Gasteiger partial charge in [-0.25, -0.2) is 4.39 Å². The Kier molecular flexibility index (Phi) is 6.26. The zero-order valence-electron chi connectivity index (χ0n) is 15.7. The van der Waals surface area contributed by atoms with Crippen molar-refractivity contribution in [1.29, 1.82) is 0 Å². The average molecular weight is 378 g/mol. The van der Waals surface area contributed by atoms with Gasteiger partial charge in [-0.15, -0.1) is 0 Å². The van der Waals surface area contributed by atoms with E-state index in [1.54, 1.807) is 0 Å². The third-order valence-corrected chi connectivity index (χ3v) is 5.52. The second-order valence-corrected chi connectivity index (χ2v) is 7.69. The molecule has 1 N–H and O–H groups in total. The number of piperazine rings is 1. The van der Waals surface area contributed by atoms with E-state index in [1.165, 1.54) is 25.0 Å². The van der Waals surface area contributed by atoms with E-state index in [0.29, 0.717) is 44.3 Å². The molecule has 1 saturated carbocycles. The summed E-state index contributed by atoms with van der Waals surface area (Å²) < 4.78 is 13.3. The Hall–Kier alpha value is -2.22. The molecule has 0 spiro atoms. The summed E-state index contributed by atoms with van der Waals surface area (Å²) in [7, 11) is 0. The van der Waals surface area contributed by atoms with Crippen molar-refractivity contribution >= 4 is 17.3 Å². The highest BCUT2D eigenvalue weighted by molar-refractivity contribution is 5.78. The van der Waals surface area contributed by atoms with Gasteiger partial charge in [-0.05, 0) is 30.9 Å². The van der Waals surface area contributed by atoms with Gasteiger partial charge in [0.05, 0.1) is 17.5 Å². The molecule has 1 aliphatic carbocycles. The molecule has 0 radical (unpaired) electrons. The largest absolute Gasteiger partial charge is 0.363 e. The van der Waals surface area contributed by atoms with Gasteiger partial charge in [0.15, 0.2) is 0 Å². The van der Waals surface area contributed by atoms with Crippen molar-refractivity contribution in [3.63, 3.8) is 0 Å². The predicted octanol–water partition coefficient (Wildman–Crippen LogP) is 2.55. The first-order valence-corrected chi connectivity index (χ1v) is 9.63. The van der Waals surface area contributed by atoms with Crippen molar-refractivity contribution in [3.05, 3.63) is 34.1 Å². The van der Waals surface area contributed by atoms with Crippen LogP contribution >= 0.6 is 0 Å². The minimum atomic E-state index is -0.613. The molecular weight excluding hydrogens is 351 g/mol. The number of hydrogen-bond acceptors (Lipinski definition) is 5. The van der Waals surface area contributed by atoms with Crippen LogP contribution in [0.1, 0.15) is 32.6 Å². The molecule has 27 heavy (non-hydrogen) atoms. The van der Waals surface area contributed by atoms with E-state index in [0.717, 1.165) is 18.9 Å². The van der Waals surface area contributed by atoms with Crippen LogP contribution in [-0.2, 0) is 4.79 Å². The molecule has 2 atom stereocenters. The van der Waals surface area contributed by atoms with Crippen molar-refractivity contribution in [1.82, 2.24) is 10.2 Å². The van der Waals surface area contributed by atoms with E-state index in [4.69, 9.17) is 0 Å². The lowest BCUT2D eigenvalue weighted by Crippen LogP contribution is -2.51. The lowest BCUT2D eigenvalue weighted by atomic mass is 9.87. The van der Waals surface area contributed by atoms with Crippen LogP contribution in [0, 0.1) is 21.8 Å². The standard InChI is InChI=1S/C19H27FN4O3/c1-14-3-2-4-16(11-14)21-19(25)13-22-7-9-23(10-8-22)17-6-5-15(20)12-18(17)24(26)27/h5-6,12,14,16H,2-4,7-11,13H2,1H3,(H,21,25). The number of nitro groups is 1. The molecule has 1 aromatic carbocycles. The Morgan fingerprint density at radius 3 is 2.70 bits per heavy atom. The number of nitrogens with one attached hydrogen (secondary N) is 1. The Balaban J connectivity index is 1.50. The monoisotopic (exact) mass is 378 g/mol. The fraction of sp³-hybridized carbons (Fsp3) is 0.632. The van der Waals surface area contributed by atoms with Crippen LogP contribution in [0.15, 0.2) is 18.2 Å². The lowest BCUT2D eigenvalue weighted by Gasteiger charge is -2.36. The highest BCUT2D eigenvalue weighted by atomic mass is 19.1. The topological polar surface area (TPSA) is 78.7 Å². The average Bonchev–Trinajstić information content (AvgIpc) is 2.62. The smallest absolute Gasteiger partial charge is 0.295 e. The van der Waals surface area contributed by atoms with Crippen LogP contribution < -0.4 is 10.2 Å². The third-order valence-electron chi connectivity index (χ3n) is 5.52. The first kappa shape index (κ1) is 19.5. The summed E-state index contributed by atoms with van der Waals surface area (Å²) in [6.07, 6.45) is 4.51. The van der Waals surface area contributed by atoms with Gasteiger partial charge in [0.25, 0.3) is 5.69 Å². The molecule has 2 fully saturated rings. The number of nitrogens with zero attached hydrogens (tertiary/aromatic N) is 3. The zero-order chi connectivity index (χ0) is 19.4. The quantitative estimate of drug-likeness (QED) is 0.629. The van der Waals surface area contributed by atoms with E-state index in [-0.39, 0.29) is 17.6 Å². The van der Waals surface area contributed by atoms with Gasteiger partial charge in [-0.1, -0.05) is 19.8 Å². The Morgan fingerprint density at radius 2 is 2.04 bits per heavy atom. The number of halogens is 1. The van der Waals surface area contributed by atoms with Crippen molar-refractivity contribution in [3.8, 4) is 0 Å². The molecule has 0 aromatic heterocycles. The number of benzene rings is 1. The number of carbonyl (C=O) groups excluding carboxylic acids is 1. The molecule has 7 nitrogen and oxygen atoms in total. The molecule has 1 aliphatic heterocycles. The molecule has 1 amide bonds. The van der Waals surface area contributed by atoms with Crippen LogP contribution in [0.5, 0.6) is 0 Å². The lowest BCUT2D eigenvalue weighted by molar-refractivity contribution is -0.384. The maximum absolute atomic E-state index is 13.3. The molecule has 2 unspecified atom stereocenters. The summed E-state index contributed by atoms with van der Waals surface area (Å²) in [6, 6.07) is 3.94. The molecule has 8 heteroatoms. The zero-order valence-corrected chi connectivity index (χ0v) is 15.7. The Morgan fingerprint density at radius 1 is 1.30 bits per heavy atom. The van der Waals surface area contributed by atoms with Gasteiger partial charge >= 0.3 is 0 Å². The minimum Gasteiger partial charge on any atom is -0.363 e. The van der Waals surface area contributed by atoms with Gasteiger partial charge < -0.3 is 10.2 Å². The van der Waals surface area contributed by atoms with E-state index in [1.807, 2.05) is 4.90 Å². The number of nitro benzene ring substituents is 1. The fourth-order valence-electron chi connectivity index (χ4n) is 4.10. The highest BCUT2D eigenvalue weighted by Crippen LogP contribution is 2.29. The summed E-state index contributed by atoms with van der Waals surface area (Å²) in [5.41, 5.74) is 0.217. The van der Waals surface area contributed by atoms with Crippen LogP contribution in [0.4, 0.5) is 15.8 Å². The van der Waals surface area contributed by atoms with Crippen molar-refractivity contribution in [2.75, 3.05) is 37.6 Å². The Labute approximate surface area is 158 Å². The number of hydrogen-bond donors (Lipinski definition) is 1. The second-order valence-electron chi connectivity index (χ2n) is 7.69. The first-order valence-electron chi connectivity index (χ1n) is 9.63. The number of rotatable bonds is 5. The van der Waals surface area contributed by atoms with E-state index in [9.17, 15) is 19.3 Å². The molecule has 148 valence electrons. The van der Waals surface area contributed by atoms with E-state index < -0.39 is 10.7 Å². The summed E-state index contributed by atoms with van der Waals surface area (Å²) in [5, 5.41) is 14.3.